The molecular formula is C13H18N4O3. The number of nitrogens with one attached hydrogen (secondary N) is 2. The van der Waals surface area contributed by atoms with Gasteiger partial charge in [-0.1, -0.05) is 0 Å². The van der Waals surface area contributed by atoms with Crippen molar-refractivity contribution in [3.05, 3.63) is 29.6 Å². The first-order valence-corrected chi connectivity index (χ1v) is 6.47. The van der Waals surface area contributed by atoms with Gasteiger partial charge in [0.25, 0.3) is 5.91 Å². The van der Waals surface area contributed by atoms with E-state index in [-0.39, 0.29) is 12.5 Å². The Balaban J connectivity index is 2.01. The number of hydrogen-bond donors (Lipinski definition) is 2. The third-order valence-corrected chi connectivity index (χ3v) is 3.07. The van der Waals surface area contributed by atoms with Gasteiger partial charge in [-0.05, 0) is 12.1 Å². The Morgan fingerprint density at radius 2 is 2.20 bits per heavy atom. The minimum Gasteiger partial charge on any atom is -0.453 e. The quantitative estimate of drug-likeness (QED) is 0.812. The summed E-state index contributed by atoms with van der Waals surface area (Å²) >= 11 is 0. The zero-order chi connectivity index (χ0) is 14.4. The molecule has 2 N–H and O–H groups in total. The minimum absolute atomic E-state index is 0.00628. The number of alkyl carbamates (subject to hydrolysis) is 1. The Bertz CT molecular complexity index is 486. The fourth-order valence-electron chi connectivity index (χ4n) is 1.99. The lowest BCUT2D eigenvalue weighted by Gasteiger charge is -2.27. The lowest BCUT2D eigenvalue weighted by Crippen LogP contribution is -2.46. The summed E-state index contributed by atoms with van der Waals surface area (Å²) in [5.41, 5.74) is 1.21. The van der Waals surface area contributed by atoms with E-state index < -0.39 is 6.09 Å². The SMILES string of the molecule is COC(=O)NCc1cc(C(=O)N2CCNCC2)ccn1. The summed E-state index contributed by atoms with van der Waals surface area (Å²) in [5.74, 6) is -0.00628. The van der Waals surface area contributed by atoms with Crippen molar-refractivity contribution in [3.63, 3.8) is 0 Å². The van der Waals surface area contributed by atoms with E-state index in [1.54, 1.807) is 18.3 Å². The maximum atomic E-state index is 12.3. The summed E-state index contributed by atoms with van der Waals surface area (Å²) in [5, 5.41) is 5.74. The highest BCUT2D eigenvalue weighted by molar-refractivity contribution is 5.94. The maximum Gasteiger partial charge on any atom is 0.407 e. The number of methoxy groups -OCH3 is 1. The van der Waals surface area contributed by atoms with Crippen molar-refractivity contribution < 1.29 is 14.3 Å². The monoisotopic (exact) mass is 278 g/mol. The van der Waals surface area contributed by atoms with Crippen molar-refractivity contribution in [2.24, 2.45) is 0 Å². The molecular weight excluding hydrogens is 260 g/mol. The summed E-state index contributed by atoms with van der Waals surface area (Å²) < 4.78 is 4.48. The first kappa shape index (κ1) is 14.3. The molecule has 0 radical (unpaired) electrons. The molecule has 1 saturated heterocycles. The van der Waals surface area contributed by atoms with Crippen LogP contribution in [0.2, 0.25) is 0 Å². The van der Waals surface area contributed by atoms with Crippen molar-refractivity contribution in [1.82, 2.24) is 20.5 Å². The van der Waals surface area contributed by atoms with Gasteiger partial charge in [0.15, 0.2) is 0 Å². The topological polar surface area (TPSA) is 83.6 Å². The van der Waals surface area contributed by atoms with Gasteiger partial charge in [0.1, 0.15) is 0 Å². The van der Waals surface area contributed by atoms with Gasteiger partial charge in [-0.3, -0.25) is 9.78 Å². The summed E-state index contributed by atoms with van der Waals surface area (Å²) in [4.78, 5) is 29.2. The highest BCUT2D eigenvalue weighted by atomic mass is 16.5. The first-order valence-electron chi connectivity index (χ1n) is 6.47. The Morgan fingerprint density at radius 1 is 1.45 bits per heavy atom. The molecule has 2 amide bonds. The number of ether oxygens (including phenoxy) is 1. The van der Waals surface area contributed by atoms with Crippen molar-refractivity contribution in [2.75, 3.05) is 33.3 Å². The van der Waals surface area contributed by atoms with Gasteiger partial charge >= 0.3 is 6.09 Å². The van der Waals surface area contributed by atoms with Gasteiger partial charge in [-0.15, -0.1) is 0 Å². The molecule has 2 heterocycles. The van der Waals surface area contributed by atoms with E-state index in [2.05, 4.69) is 20.4 Å². The van der Waals surface area contributed by atoms with Crippen molar-refractivity contribution >= 4 is 12.0 Å². The van der Waals surface area contributed by atoms with E-state index in [9.17, 15) is 9.59 Å². The number of amides is 2. The molecule has 0 spiro atoms. The standard InChI is InChI=1S/C13H18N4O3/c1-20-13(19)16-9-11-8-10(2-3-15-11)12(18)17-6-4-14-5-7-17/h2-3,8,14H,4-7,9H2,1H3,(H,16,19). The molecule has 1 aromatic heterocycles. The van der Waals surface area contributed by atoms with E-state index in [0.717, 1.165) is 13.1 Å². The summed E-state index contributed by atoms with van der Waals surface area (Å²) in [6.45, 7) is 3.27. The second kappa shape index (κ2) is 6.85. The normalized spacial score (nSPS) is 14.8. The van der Waals surface area contributed by atoms with E-state index in [1.807, 2.05) is 4.90 Å². The van der Waals surface area contributed by atoms with E-state index >= 15 is 0 Å². The van der Waals surface area contributed by atoms with Crippen LogP contribution >= 0.6 is 0 Å². The van der Waals surface area contributed by atoms with Gasteiger partial charge in [0, 0.05) is 37.9 Å². The van der Waals surface area contributed by atoms with Gasteiger partial charge in [0.2, 0.25) is 0 Å². The Labute approximate surface area is 117 Å². The molecule has 2 rings (SSSR count). The van der Waals surface area contributed by atoms with Crippen LogP contribution in [0, 0.1) is 0 Å². The average Bonchev–Trinajstić information content (AvgIpc) is 2.53. The van der Waals surface area contributed by atoms with Gasteiger partial charge in [-0.2, -0.15) is 0 Å². The molecule has 0 bridgehead atoms. The Hall–Kier alpha value is -2.15. The van der Waals surface area contributed by atoms with Crippen LogP contribution in [0.15, 0.2) is 18.3 Å². The zero-order valence-electron chi connectivity index (χ0n) is 11.4. The van der Waals surface area contributed by atoms with Crippen LogP contribution in [0.25, 0.3) is 0 Å². The highest BCUT2D eigenvalue weighted by Gasteiger charge is 2.18. The minimum atomic E-state index is -0.523. The molecule has 108 valence electrons. The van der Waals surface area contributed by atoms with Gasteiger partial charge in [-0.25, -0.2) is 4.79 Å². The van der Waals surface area contributed by atoms with Crippen LogP contribution < -0.4 is 10.6 Å². The second-order valence-electron chi connectivity index (χ2n) is 4.42. The zero-order valence-corrected chi connectivity index (χ0v) is 11.4. The molecule has 20 heavy (non-hydrogen) atoms. The predicted molar refractivity (Wildman–Crippen MR) is 72.3 cm³/mol. The molecule has 1 aliphatic rings. The fourth-order valence-corrected chi connectivity index (χ4v) is 1.99. The molecule has 7 nitrogen and oxygen atoms in total. The second-order valence-corrected chi connectivity index (χ2v) is 4.42. The molecule has 0 aliphatic carbocycles. The number of nitrogens with zero attached hydrogens (tertiary/aromatic N) is 2. The average molecular weight is 278 g/mol. The maximum absolute atomic E-state index is 12.3. The van der Waals surface area contributed by atoms with Crippen molar-refractivity contribution in [1.29, 1.82) is 0 Å². The molecule has 1 fully saturated rings. The highest BCUT2D eigenvalue weighted by Crippen LogP contribution is 2.07. The summed E-state index contributed by atoms with van der Waals surface area (Å²) in [7, 11) is 1.30. The molecule has 0 atom stereocenters. The van der Waals surface area contributed by atoms with Gasteiger partial charge < -0.3 is 20.3 Å². The number of carbonyl (C=O) groups excluding carboxylic acids is 2. The number of pyridine rings is 1. The molecule has 7 heteroatoms. The fraction of sp³-hybridized carbons (Fsp3) is 0.462. The third kappa shape index (κ3) is 3.67. The smallest absolute Gasteiger partial charge is 0.407 e. The first-order chi connectivity index (χ1) is 9.70. The van der Waals surface area contributed by atoms with E-state index in [4.69, 9.17) is 0 Å². The van der Waals surface area contributed by atoms with Crippen LogP contribution in [0.4, 0.5) is 4.79 Å². The van der Waals surface area contributed by atoms with Crippen LogP contribution in [0.3, 0.4) is 0 Å². The van der Waals surface area contributed by atoms with Crippen molar-refractivity contribution in [2.45, 2.75) is 6.54 Å². The van der Waals surface area contributed by atoms with Gasteiger partial charge in [0.05, 0.1) is 19.3 Å². The lowest BCUT2D eigenvalue weighted by atomic mass is 10.2. The number of rotatable bonds is 3. The number of carbonyl (C=O) groups is 2. The predicted octanol–water partition coefficient (Wildman–Crippen LogP) is -0.0170. The lowest BCUT2D eigenvalue weighted by molar-refractivity contribution is 0.0735. The molecule has 0 saturated carbocycles. The van der Waals surface area contributed by atoms with Crippen LogP contribution in [-0.2, 0) is 11.3 Å². The van der Waals surface area contributed by atoms with Crippen LogP contribution in [0.1, 0.15) is 16.1 Å². The largest absolute Gasteiger partial charge is 0.453 e. The van der Waals surface area contributed by atoms with Crippen molar-refractivity contribution in [3.8, 4) is 0 Å². The summed E-state index contributed by atoms with van der Waals surface area (Å²) in [6.07, 6.45) is 1.05. The third-order valence-electron chi connectivity index (χ3n) is 3.07. The Morgan fingerprint density at radius 3 is 2.90 bits per heavy atom. The molecule has 1 aromatic rings. The summed E-state index contributed by atoms with van der Waals surface area (Å²) in [6, 6.07) is 3.38. The number of piperazine rings is 1. The molecule has 1 aliphatic heterocycles. The Kier molecular flexibility index (Phi) is 4.89. The van der Waals surface area contributed by atoms with Crippen LogP contribution in [-0.4, -0.2) is 55.2 Å². The van der Waals surface area contributed by atoms with Crippen LogP contribution in [0.5, 0.6) is 0 Å². The number of aromatic nitrogens is 1. The number of hydrogen-bond acceptors (Lipinski definition) is 5. The van der Waals surface area contributed by atoms with E-state index in [0.29, 0.717) is 24.3 Å². The molecule has 0 aromatic carbocycles. The van der Waals surface area contributed by atoms with E-state index in [1.165, 1.54) is 7.11 Å². The molecule has 0 unspecified atom stereocenters.